The highest BCUT2D eigenvalue weighted by molar-refractivity contribution is 5.97. The van der Waals surface area contributed by atoms with E-state index in [2.05, 4.69) is 41.3 Å². The molecule has 0 atom stereocenters. The van der Waals surface area contributed by atoms with Gasteiger partial charge in [0.2, 0.25) is 0 Å². The standard InChI is InChI=1S/C17H17N3O/c1-11-3-4-13(7-12(11)2)9-18-17(21)14-5-6-15-16(8-14)20-10-19-15/h3-8,10H,9H2,1-2H3,(H,18,21)(H,19,20). The quantitative estimate of drug-likeness (QED) is 0.774. The van der Waals surface area contributed by atoms with E-state index in [1.807, 2.05) is 18.2 Å². The van der Waals surface area contributed by atoms with Gasteiger partial charge in [-0.1, -0.05) is 18.2 Å². The Morgan fingerprint density at radius 2 is 2.00 bits per heavy atom. The third-order valence-corrected chi connectivity index (χ3v) is 3.71. The van der Waals surface area contributed by atoms with Gasteiger partial charge in [0.15, 0.2) is 0 Å². The Morgan fingerprint density at radius 3 is 2.81 bits per heavy atom. The molecule has 0 fully saturated rings. The van der Waals surface area contributed by atoms with E-state index >= 15 is 0 Å². The highest BCUT2D eigenvalue weighted by atomic mass is 16.1. The van der Waals surface area contributed by atoms with E-state index in [0.717, 1.165) is 16.6 Å². The van der Waals surface area contributed by atoms with Gasteiger partial charge in [-0.2, -0.15) is 0 Å². The predicted octanol–water partition coefficient (Wildman–Crippen LogP) is 3.11. The summed E-state index contributed by atoms with van der Waals surface area (Å²) in [5.41, 5.74) is 5.97. The number of nitrogens with one attached hydrogen (secondary N) is 2. The first-order chi connectivity index (χ1) is 10.1. The topological polar surface area (TPSA) is 57.8 Å². The summed E-state index contributed by atoms with van der Waals surface area (Å²) in [6.07, 6.45) is 1.63. The zero-order valence-electron chi connectivity index (χ0n) is 12.1. The number of aryl methyl sites for hydroxylation is 2. The SMILES string of the molecule is Cc1ccc(CNC(=O)c2ccc3nc[nH]c3c2)cc1C. The lowest BCUT2D eigenvalue weighted by Crippen LogP contribution is -2.22. The van der Waals surface area contributed by atoms with E-state index in [4.69, 9.17) is 0 Å². The molecule has 4 heteroatoms. The van der Waals surface area contributed by atoms with Crippen molar-refractivity contribution in [3.63, 3.8) is 0 Å². The minimum Gasteiger partial charge on any atom is -0.348 e. The van der Waals surface area contributed by atoms with Gasteiger partial charge >= 0.3 is 0 Å². The van der Waals surface area contributed by atoms with Crippen molar-refractivity contribution >= 4 is 16.9 Å². The molecule has 0 radical (unpaired) electrons. The number of carbonyl (C=O) groups is 1. The Balaban J connectivity index is 1.72. The first kappa shape index (κ1) is 13.4. The van der Waals surface area contributed by atoms with Crippen LogP contribution in [0.3, 0.4) is 0 Å². The average molecular weight is 279 g/mol. The first-order valence-electron chi connectivity index (χ1n) is 6.91. The molecule has 2 N–H and O–H groups in total. The molecule has 0 spiro atoms. The van der Waals surface area contributed by atoms with Crippen LogP contribution in [0, 0.1) is 13.8 Å². The van der Waals surface area contributed by atoms with Crippen LogP contribution in [0.15, 0.2) is 42.7 Å². The molecular weight excluding hydrogens is 262 g/mol. The minimum atomic E-state index is -0.0790. The summed E-state index contributed by atoms with van der Waals surface area (Å²) >= 11 is 0. The number of aromatic amines is 1. The molecule has 0 unspecified atom stereocenters. The third kappa shape index (κ3) is 2.79. The second-order valence-electron chi connectivity index (χ2n) is 5.24. The Hall–Kier alpha value is -2.62. The van der Waals surface area contributed by atoms with Gasteiger partial charge in [0.05, 0.1) is 17.4 Å². The molecule has 0 saturated carbocycles. The lowest BCUT2D eigenvalue weighted by Gasteiger charge is -2.07. The van der Waals surface area contributed by atoms with Gasteiger partial charge in [0.25, 0.3) is 5.91 Å². The smallest absolute Gasteiger partial charge is 0.251 e. The van der Waals surface area contributed by atoms with Crippen LogP contribution in [-0.2, 0) is 6.54 Å². The molecule has 2 aromatic carbocycles. The molecule has 0 aliphatic carbocycles. The van der Waals surface area contributed by atoms with Crippen LogP contribution in [-0.4, -0.2) is 15.9 Å². The molecule has 1 aromatic heterocycles. The summed E-state index contributed by atoms with van der Waals surface area (Å²) in [5, 5.41) is 2.95. The summed E-state index contributed by atoms with van der Waals surface area (Å²) in [5.74, 6) is -0.0790. The molecular formula is C17H17N3O. The maximum atomic E-state index is 12.2. The molecule has 1 heterocycles. The zero-order chi connectivity index (χ0) is 14.8. The third-order valence-electron chi connectivity index (χ3n) is 3.71. The predicted molar refractivity (Wildman–Crippen MR) is 83.2 cm³/mol. The Labute approximate surface area is 123 Å². The minimum absolute atomic E-state index is 0.0790. The Morgan fingerprint density at radius 1 is 1.14 bits per heavy atom. The summed E-state index contributed by atoms with van der Waals surface area (Å²) in [7, 11) is 0. The van der Waals surface area contributed by atoms with Crippen LogP contribution in [0.4, 0.5) is 0 Å². The largest absolute Gasteiger partial charge is 0.348 e. The van der Waals surface area contributed by atoms with Crippen LogP contribution in [0.2, 0.25) is 0 Å². The molecule has 4 nitrogen and oxygen atoms in total. The zero-order valence-corrected chi connectivity index (χ0v) is 12.1. The van der Waals surface area contributed by atoms with Crippen molar-refractivity contribution in [2.45, 2.75) is 20.4 Å². The number of H-pyrrole nitrogens is 1. The van der Waals surface area contributed by atoms with Gasteiger partial charge in [0.1, 0.15) is 0 Å². The van der Waals surface area contributed by atoms with Crippen LogP contribution in [0.25, 0.3) is 11.0 Å². The molecule has 0 saturated heterocycles. The molecule has 0 bridgehead atoms. The van der Waals surface area contributed by atoms with Crippen LogP contribution in [0.1, 0.15) is 27.0 Å². The maximum absolute atomic E-state index is 12.2. The fraction of sp³-hybridized carbons (Fsp3) is 0.176. The highest BCUT2D eigenvalue weighted by Gasteiger charge is 2.07. The summed E-state index contributed by atoms with van der Waals surface area (Å²) in [6, 6.07) is 11.7. The molecule has 0 aliphatic rings. The Bertz CT molecular complexity index is 805. The van der Waals surface area contributed by atoms with Gasteiger partial charge in [-0.3, -0.25) is 4.79 Å². The van der Waals surface area contributed by atoms with E-state index < -0.39 is 0 Å². The number of benzene rings is 2. The van der Waals surface area contributed by atoms with Crippen molar-refractivity contribution < 1.29 is 4.79 Å². The summed E-state index contributed by atoms with van der Waals surface area (Å²) < 4.78 is 0. The van der Waals surface area contributed by atoms with E-state index in [1.54, 1.807) is 12.4 Å². The second kappa shape index (κ2) is 5.40. The lowest BCUT2D eigenvalue weighted by molar-refractivity contribution is 0.0951. The number of aromatic nitrogens is 2. The van der Waals surface area contributed by atoms with E-state index in [1.165, 1.54) is 11.1 Å². The normalized spacial score (nSPS) is 10.8. The number of hydrogen-bond acceptors (Lipinski definition) is 2. The fourth-order valence-corrected chi connectivity index (χ4v) is 2.27. The second-order valence-corrected chi connectivity index (χ2v) is 5.24. The van der Waals surface area contributed by atoms with Crippen LogP contribution >= 0.6 is 0 Å². The number of fused-ring (bicyclic) bond motifs is 1. The van der Waals surface area contributed by atoms with Crippen molar-refractivity contribution in [2.75, 3.05) is 0 Å². The van der Waals surface area contributed by atoms with Gasteiger partial charge in [-0.05, 0) is 48.7 Å². The average Bonchev–Trinajstić information content (AvgIpc) is 2.95. The van der Waals surface area contributed by atoms with Gasteiger partial charge in [-0.15, -0.1) is 0 Å². The van der Waals surface area contributed by atoms with Crippen molar-refractivity contribution in [1.29, 1.82) is 0 Å². The fourth-order valence-electron chi connectivity index (χ4n) is 2.27. The summed E-state index contributed by atoms with van der Waals surface area (Å²) in [6.45, 7) is 4.69. The molecule has 3 rings (SSSR count). The van der Waals surface area contributed by atoms with Gasteiger partial charge < -0.3 is 10.3 Å². The van der Waals surface area contributed by atoms with Crippen LogP contribution in [0.5, 0.6) is 0 Å². The highest BCUT2D eigenvalue weighted by Crippen LogP contribution is 2.12. The van der Waals surface area contributed by atoms with Crippen LogP contribution < -0.4 is 5.32 Å². The molecule has 1 amide bonds. The van der Waals surface area contributed by atoms with E-state index in [-0.39, 0.29) is 5.91 Å². The number of amides is 1. The van der Waals surface area contributed by atoms with Crippen molar-refractivity contribution in [2.24, 2.45) is 0 Å². The first-order valence-corrected chi connectivity index (χ1v) is 6.91. The molecule has 0 aliphatic heterocycles. The molecule has 106 valence electrons. The summed E-state index contributed by atoms with van der Waals surface area (Å²) in [4.78, 5) is 19.3. The van der Waals surface area contributed by atoms with Crippen molar-refractivity contribution in [3.05, 3.63) is 65.0 Å². The molecule has 21 heavy (non-hydrogen) atoms. The molecule has 3 aromatic rings. The van der Waals surface area contributed by atoms with Crippen molar-refractivity contribution in [1.82, 2.24) is 15.3 Å². The van der Waals surface area contributed by atoms with E-state index in [0.29, 0.717) is 12.1 Å². The number of nitrogens with zero attached hydrogens (tertiary/aromatic N) is 1. The number of hydrogen-bond donors (Lipinski definition) is 2. The van der Waals surface area contributed by atoms with Gasteiger partial charge in [-0.25, -0.2) is 4.98 Å². The lowest BCUT2D eigenvalue weighted by atomic mass is 10.1. The number of rotatable bonds is 3. The van der Waals surface area contributed by atoms with E-state index in [9.17, 15) is 4.79 Å². The van der Waals surface area contributed by atoms with Gasteiger partial charge in [0, 0.05) is 12.1 Å². The number of imidazole rings is 1. The van der Waals surface area contributed by atoms with Crippen molar-refractivity contribution in [3.8, 4) is 0 Å². The number of carbonyl (C=O) groups excluding carboxylic acids is 1. The maximum Gasteiger partial charge on any atom is 0.251 e. The monoisotopic (exact) mass is 279 g/mol. The Kier molecular flexibility index (Phi) is 3.44.